The monoisotopic (exact) mass is 430 g/mol. The standard InChI is InChI=1S/C20H22N4O5S/c1-10-14(8-21)19(30-20-18(27)17(26)15(25)9-29-20)22-11(2)16(10)24-23-12-4-6-13(28-3)7-5-12/h4-7,15,17-18,20,25-27H,9H2,1-3H3/t15-,17-,18+,20+/m1/s1. The van der Waals surface area contributed by atoms with E-state index in [0.717, 1.165) is 11.8 Å². The number of azo groups is 1. The normalized spacial score (nSPS) is 24.0. The van der Waals surface area contributed by atoms with Crippen LogP contribution in [0.5, 0.6) is 5.75 Å². The SMILES string of the molecule is COc1ccc(N=Nc2c(C)nc(S[C@@H]3OC[C@@H](O)[C@@H](O)[C@@H]3O)c(C#N)c2C)cc1. The fourth-order valence-electron chi connectivity index (χ4n) is 2.93. The van der Waals surface area contributed by atoms with E-state index in [2.05, 4.69) is 21.3 Å². The van der Waals surface area contributed by atoms with Crippen LogP contribution in [0.1, 0.15) is 16.8 Å². The van der Waals surface area contributed by atoms with Crippen LogP contribution >= 0.6 is 11.8 Å². The maximum Gasteiger partial charge on any atom is 0.137 e. The molecule has 0 saturated carbocycles. The van der Waals surface area contributed by atoms with Gasteiger partial charge in [-0.05, 0) is 43.7 Å². The van der Waals surface area contributed by atoms with E-state index in [4.69, 9.17) is 9.47 Å². The van der Waals surface area contributed by atoms with E-state index in [9.17, 15) is 20.6 Å². The number of pyridine rings is 1. The van der Waals surface area contributed by atoms with Crippen LogP contribution in [0.3, 0.4) is 0 Å². The topological polar surface area (TPSA) is 141 Å². The van der Waals surface area contributed by atoms with E-state index in [1.165, 1.54) is 0 Å². The number of hydrogen-bond donors (Lipinski definition) is 3. The fourth-order valence-corrected chi connectivity index (χ4v) is 4.10. The molecule has 10 heteroatoms. The van der Waals surface area contributed by atoms with Gasteiger partial charge in [-0.1, -0.05) is 11.8 Å². The summed E-state index contributed by atoms with van der Waals surface area (Å²) >= 11 is 1.02. The number of methoxy groups -OCH3 is 1. The van der Waals surface area contributed by atoms with Crippen molar-refractivity contribution in [1.29, 1.82) is 5.26 Å². The Morgan fingerprint density at radius 1 is 1.17 bits per heavy atom. The maximum absolute atomic E-state index is 10.2. The molecule has 9 nitrogen and oxygen atoms in total. The molecule has 3 N–H and O–H groups in total. The van der Waals surface area contributed by atoms with E-state index >= 15 is 0 Å². The average molecular weight is 430 g/mol. The molecule has 2 aromatic rings. The molecule has 158 valence electrons. The van der Waals surface area contributed by atoms with Gasteiger partial charge in [-0.25, -0.2) is 4.98 Å². The summed E-state index contributed by atoms with van der Waals surface area (Å²) in [5.74, 6) is 0.709. The van der Waals surface area contributed by atoms with Crippen molar-refractivity contribution in [2.75, 3.05) is 13.7 Å². The molecule has 3 rings (SSSR count). The number of aliphatic hydroxyl groups is 3. The minimum atomic E-state index is -1.33. The highest BCUT2D eigenvalue weighted by molar-refractivity contribution is 7.99. The molecule has 0 radical (unpaired) electrons. The zero-order valence-electron chi connectivity index (χ0n) is 16.7. The summed E-state index contributed by atoms with van der Waals surface area (Å²) < 4.78 is 10.5. The zero-order chi connectivity index (χ0) is 21.8. The Kier molecular flexibility index (Phi) is 7.02. The highest BCUT2D eigenvalue weighted by atomic mass is 32.2. The van der Waals surface area contributed by atoms with Gasteiger partial charge in [0.05, 0.1) is 30.7 Å². The van der Waals surface area contributed by atoms with Crippen LogP contribution in [-0.4, -0.2) is 57.8 Å². The first kappa shape index (κ1) is 22.1. The third kappa shape index (κ3) is 4.61. The smallest absolute Gasteiger partial charge is 0.137 e. The van der Waals surface area contributed by atoms with Crippen molar-refractivity contribution < 1.29 is 24.8 Å². The molecular formula is C20H22N4O5S. The molecule has 1 aliphatic heterocycles. The molecule has 2 heterocycles. The minimum absolute atomic E-state index is 0.121. The summed E-state index contributed by atoms with van der Waals surface area (Å²) in [7, 11) is 1.58. The first-order valence-electron chi connectivity index (χ1n) is 9.15. The van der Waals surface area contributed by atoms with E-state index in [0.29, 0.717) is 33.4 Å². The number of aromatic nitrogens is 1. The number of ether oxygens (including phenoxy) is 2. The summed E-state index contributed by atoms with van der Waals surface area (Å²) in [6.07, 6.45) is -3.81. The van der Waals surface area contributed by atoms with Gasteiger partial charge in [0, 0.05) is 0 Å². The lowest BCUT2D eigenvalue weighted by Crippen LogP contribution is -2.51. The van der Waals surface area contributed by atoms with Crippen molar-refractivity contribution in [3.05, 3.63) is 41.1 Å². The first-order valence-corrected chi connectivity index (χ1v) is 10.0. The second-order valence-corrected chi connectivity index (χ2v) is 7.82. The van der Waals surface area contributed by atoms with Crippen LogP contribution in [0.25, 0.3) is 0 Å². The number of nitrogens with zero attached hydrogens (tertiary/aromatic N) is 4. The van der Waals surface area contributed by atoms with Gasteiger partial charge in [-0.2, -0.15) is 10.4 Å². The van der Waals surface area contributed by atoms with Crippen molar-refractivity contribution >= 4 is 23.1 Å². The molecule has 1 aromatic heterocycles. The van der Waals surface area contributed by atoms with Crippen molar-refractivity contribution in [2.24, 2.45) is 10.2 Å². The molecule has 0 unspecified atom stereocenters. The second-order valence-electron chi connectivity index (χ2n) is 6.73. The lowest BCUT2D eigenvalue weighted by molar-refractivity contribution is -0.161. The highest BCUT2D eigenvalue weighted by Crippen LogP contribution is 2.37. The second kappa shape index (κ2) is 9.51. The van der Waals surface area contributed by atoms with Gasteiger partial charge < -0.3 is 24.8 Å². The average Bonchev–Trinajstić information content (AvgIpc) is 2.74. The molecule has 4 atom stereocenters. The lowest BCUT2D eigenvalue weighted by atomic mass is 10.1. The van der Waals surface area contributed by atoms with Crippen LogP contribution in [0.2, 0.25) is 0 Å². The minimum Gasteiger partial charge on any atom is -0.497 e. The number of hydrogen-bond acceptors (Lipinski definition) is 10. The van der Waals surface area contributed by atoms with E-state index < -0.39 is 23.7 Å². The van der Waals surface area contributed by atoms with Crippen molar-refractivity contribution in [3.8, 4) is 11.8 Å². The Morgan fingerprint density at radius 2 is 1.87 bits per heavy atom. The Bertz CT molecular complexity index is 977. The van der Waals surface area contributed by atoms with Crippen molar-refractivity contribution in [2.45, 2.75) is 42.6 Å². The molecular weight excluding hydrogens is 408 g/mol. The van der Waals surface area contributed by atoms with Gasteiger partial charge >= 0.3 is 0 Å². The molecule has 30 heavy (non-hydrogen) atoms. The largest absolute Gasteiger partial charge is 0.497 e. The Labute approximate surface area is 178 Å². The van der Waals surface area contributed by atoms with E-state index in [-0.39, 0.29) is 12.2 Å². The third-order valence-corrected chi connectivity index (χ3v) is 5.85. The van der Waals surface area contributed by atoms with Gasteiger partial charge in [0.1, 0.15) is 46.3 Å². The maximum atomic E-state index is 10.2. The van der Waals surface area contributed by atoms with E-state index in [1.807, 2.05) is 0 Å². The van der Waals surface area contributed by atoms with Gasteiger partial charge in [-0.15, -0.1) is 5.11 Å². The van der Waals surface area contributed by atoms with Crippen LogP contribution < -0.4 is 4.74 Å². The number of nitriles is 1. The van der Waals surface area contributed by atoms with Gasteiger partial charge in [0.2, 0.25) is 0 Å². The summed E-state index contributed by atoms with van der Waals surface area (Å²) in [4.78, 5) is 4.45. The predicted molar refractivity (Wildman–Crippen MR) is 109 cm³/mol. The van der Waals surface area contributed by atoms with Crippen LogP contribution in [0, 0.1) is 25.2 Å². The number of aliphatic hydroxyl groups excluding tert-OH is 3. The van der Waals surface area contributed by atoms with Crippen molar-refractivity contribution in [1.82, 2.24) is 4.98 Å². The molecule has 1 aromatic carbocycles. The number of aryl methyl sites for hydroxylation is 1. The number of benzene rings is 1. The van der Waals surface area contributed by atoms with Crippen LogP contribution in [0.4, 0.5) is 11.4 Å². The third-order valence-electron chi connectivity index (χ3n) is 4.69. The Hall–Kier alpha value is -2.55. The fraction of sp³-hybridized carbons (Fsp3) is 0.400. The highest BCUT2D eigenvalue weighted by Gasteiger charge is 2.38. The van der Waals surface area contributed by atoms with Gasteiger partial charge in [0.15, 0.2) is 0 Å². The van der Waals surface area contributed by atoms with Crippen LogP contribution in [0.15, 0.2) is 39.5 Å². The molecule has 1 saturated heterocycles. The van der Waals surface area contributed by atoms with Gasteiger partial charge in [-0.3, -0.25) is 0 Å². The molecule has 1 aliphatic rings. The van der Waals surface area contributed by atoms with Crippen molar-refractivity contribution in [3.63, 3.8) is 0 Å². The van der Waals surface area contributed by atoms with E-state index in [1.54, 1.807) is 45.2 Å². The molecule has 0 amide bonds. The first-order chi connectivity index (χ1) is 14.3. The quantitative estimate of drug-likeness (QED) is 0.615. The molecule has 1 fully saturated rings. The van der Waals surface area contributed by atoms with Gasteiger partial charge in [0.25, 0.3) is 0 Å². The summed E-state index contributed by atoms with van der Waals surface area (Å²) in [5.41, 5.74) is 1.66. The Balaban J connectivity index is 1.87. The number of rotatable bonds is 5. The predicted octanol–water partition coefficient (Wildman–Crippen LogP) is 2.53. The Morgan fingerprint density at radius 3 is 2.50 bits per heavy atom. The zero-order valence-corrected chi connectivity index (χ0v) is 17.5. The summed E-state index contributed by atoms with van der Waals surface area (Å²) in [5, 5.41) is 48.1. The summed E-state index contributed by atoms with van der Waals surface area (Å²) in [6, 6.07) is 9.18. The summed E-state index contributed by atoms with van der Waals surface area (Å²) in [6.45, 7) is 3.37. The lowest BCUT2D eigenvalue weighted by Gasteiger charge is -2.34. The molecule has 0 spiro atoms. The molecule has 0 bridgehead atoms. The van der Waals surface area contributed by atoms with Crippen LogP contribution in [-0.2, 0) is 4.74 Å². The number of thioether (sulfide) groups is 1. The molecule has 0 aliphatic carbocycles.